The summed E-state index contributed by atoms with van der Waals surface area (Å²) in [6.45, 7) is 13.9. The molecule has 2 heterocycles. The molecule has 0 bridgehead atoms. The van der Waals surface area contributed by atoms with Crippen LogP contribution in [0, 0.1) is 5.41 Å². The van der Waals surface area contributed by atoms with Gasteiger partial charge in [-0.05, 0) is 82.4 Å². The lowest BCUT2D eigenvalue weighted by Gasteiger charge is -2.33. The van der Waals surface area contributed by atoms with Crippen molar-refractivity contribution in [3.8, 4) is 16.9 Å². The van der Waals surface area contributed by atoms with Crippen LogP contribution in [0.25, 0.3) is 11.1 Å². The summed E-state index contributed by atoms with van der Waals surface area (Å²) in [5.74, 6) is 0.942. The van der Waals surface area contributed by atoms with E-state index < -0.39 is 0 Å². The molecule has 2 nitrogen and oxygen atoms in total. The Hall–Kier alpha value is -1.88. The van der Waals surface area contributed by atoms with Crippen LogP contribution in [0.5, 0.6) is 5.75 Å². The number of hydrogen-bond donors (Lipinski definition) is 0. The molecule has 166 valence electrons. The predicted molar refractivity (Wildman–Crippen MR) is 137 cm³/mol. The highest BCUT2D eigenvalue weighted by molar-refractivity contribution is 7.10. The van der Waals surface area contributed by atoms with Crippen LogP contribution in [0.3, 0.4) is 0 Å². The van der Waals surface area contributed by atoms with Gasteiger partial charge in [0.05, 0.1) is 0 Å². The van der Waals surface area contributed by atoms with E-state index in [2.05, 4.69) is 104 Å². The average molecular weight is 454 g/mol. The largest absolute Gasteiger partial charge is 0.488 e. The van der Waals surface area contributed by atoms with Crippen molar-refractivity contribution >= 4 is 22.7 Å². The summed E-state index contributed by atoms with van der Waals surface area (Å²) in [5, 5.41) is 6.53. The lowest BCUT2D eigenvalue weighted by atomic mass is 9.87. The second-order valence-corrected chi connectivity index (χ2v) is 10.9. The number of allylic oxidation sites excluding steroid dienone is 1. The lowest BCUT2D eigenvalue weighted by Crippen LogP contribution is -2.36. The topological polar surface area (TPSA) is 12.5 Å². The van der Waals surface area contributed by atoms with Crippen molar-refractivity contribution in [1.82, 2.24) is 4.90 Å². The fourth-order valence-corrected chi connectivity index (χ4v) is 5.26. The molecule has 3 rings (SSSR count). The third-order valence-corrected chi connectivity index (χ3v) is 6.88. The van der Waals surface area contributed by atoms with Crippen molar-refractivity contribution in [2.45, 2.75) is 60.2 Å². The lowest BCUT2D eigenvalue weighted by molar-refractivity contribution is 0.179. The number of thiophene rings is 2. The summed E-state index contributed by atoms with van der Waals surface area (Å²) < 4.78 is 6.15. The maximum atomic E-state index is 6.15. The van der Waals surface area contributed by atoms with E-state index in [-0.39, 0.29) is 0 Å². The first-order valence-corrected chi connectivity index (χ1v) is 12.9. The fraction of sp³-hybridized carbons (Fsp3) is 0.407. The molecule has 1 unspecified atom stereocenters. The van der Waals surface area contributed by atoms with Gasteiger partial charge in [0.25, 0.3) is 0 Å². The molecule has 0 aliphatic rings. The number of nitrogens with zero attached hydrogens (tertiary/aromatic N) is 1. The van der Waals surface area contributed by atoms with Gasteiger partial charge in [0.15, 0.2) is 0 Å². The van der Waals surface area contributed by atoms with E-state index >= 15 is 0 Å². The van der Waals surface area contributed by atoms with Crippen molar-refractivity contribution in [2.75, 3.05) is 6.54 Å². The molecule has 3 aromatic rings. The minimum atomic E-state index is 0.297. The maximum absolute atomic E-state index is 6.15. The molecule has 0 amide bonds. The van der Waals surface area contributed by atoms with Gasteiger partial charge in [0.2, 0.25) is 0 Å². The van der Waals surface area contributed by atoms with E-state index in [1.54, 1.807) is 22.7 Å². The minimum Gasteiger partial charge on any atom is -0.488 e. The summed E-state index contributed by atoms with van der Waals surface area (Å²) in [5.41, 5.74) is 4.17. The van der Waals surface area contributed by atoms with Crippen LogP contribution in [0.4, 0.5) is 0 Å². The molecule has 31 heavy (non-hydrogen) atoms. The molecular formula is C27H35NOS2. The molecule has 0 radical (unpaired) electrons. The second-order valence-electron chi connectivity index (χ2n) is 9.17. The molecule has 0 aliphatic heterocycles. The van der Waals surface area contributed by atoms with Gasteiger partial charge in [0, 0.05) is 17.5 Å². The van der Waals surface area contributed by atoms with E-state index in [1.807, 2.05) is 0 Å². The van der Waals surface area contributed by atoms with Crippen molar-refractivity contribution in [3.63, 3.8) is 0 Å². The Morgan fingerprint density at radius 1 is 1.10 bits per heavy atom. The van der Waals surface area contributed by atoms with Gasteiger partial charge in [-0.25, -0.2) is 0 Å². The Labute approximate surface area is 196 Å². The number of rotatable bonds is 10. The van der Waals surface area contributed by atoms with Crippen LogP contribution in [0.2, 0.25) is 0 Å². The van der Waals surface area contributed by atoms with Crippen LogP contribution in [0.15, 0.2) is 64.7 Å². The minimum absolute atomic E-state index is 0.297. The van der Waals surface area contributed by atoms with Gasteiger partial charge < -0.3 is 4.74 Å². The highest BCUT2D eigenvalue weighted by Crippen LogP contribution is 2.29. The first-order chi connectivity index (χ1) is 14.9. The van der Waals surface area contributed by atoms with E-state index in [0.29, 0.717) is 18.1 Å². The van der Waals surface area contributed by atoms with Gasteiger partial charge in [-0.15, -0.1) is 11.3 Å². The van der Waals surface area contributed by atoms with E-state index in [4.69, 9.17) is 4.74 Å². The van der Waals surface area contributed by atoms with Gasteiger partial charge in [0.1, 0.15) is 12.4 Å². The Morgan fingerprint density at radius 2 is 1.94 bits per heavy atom. The van der Waals surface area contributed by atoms with Crippen molar-refractivity contribution < 1.29 is 4.74 Å². The Morgan fingerprint density at radius 3 is 2.61 bits per heavy atom. The summed E-state index contributed by atoms with van der Waals surface area (Å²) in [7, 11) is 0. The maximum Gasteiger partial charge on any atom is 0.122 e. The third kappa shape index (κ3) is 7.34. The molecule has 1 atom stereocenters. The van der Waals surface area contributed by atoms with Crippen molar-refractivity contribution in [2.24, 2.45) is 5.41 Å². The van der Waals surface area contributed by atoms with Gasteiger partial charge in [-0.1, -0.05) is 52.0 Å². The highest BCUT2D eigenvalue weighted by Gasteiger charge is 2.21. The molecular weight excluding hydrogens is 418 g/mol. The smallest absolute Gasteiger partial charge is 0.122 e. The first kappa shape index (κ1) is 23.8. The van der Waals surface area contributed by atoms with Crippen LogP contribution >= 0.6 is 22.7 Å². The number of hydrogen-bond acceptors (Lipinski definition) is 4. The zero-order valence-corrected chi connectivity index (χ0v) is 21.1. The summed E-state index contributed by atoms with van der Waals surface area (Å²) in [6, 6.07) is 13.4. The summed E-state index contributed by atoms with van der Waals surface area (Å²) in [6.07, 6.45) is 5.67. The van der Waals surface area contributed by atoms with E-state index in [1.165, 1.54) is 21.6 Å². The molecule has 2 aromatic heterocycles. The molecule has 4 heteroatoms. The molecule has 1 aromatic carbocycles. The quantitative estimate of drug-likeness (QED) is 0.286. The van der Waals surface area contributed by atoms with E-state index in [0.717, 1.165) is 25.3 Å². The van der Waals surface area contributed by atoms with E-state index in [9.17, 15) is 0 Å². The monoisotopic (exact) mass is 453 g/mol. The molecule has 0 aliphatic carbocycles. The van der Waals surface area contributed by atoms with Crippen molar-refractivity contribution in [3.05, 3.63) is 75.1 Å². The SMILES string of the molecule is C/C=C/C(CC(C)(C)C)N(CC)Cc1cccc(OCc2cc(-c3ccsc3)cs2)c1. The Kier molecular flexibility index (Phi) is 8.53. The van der Waals surface area contributed by atoms with Crippen LogP contribution < -0.4 is 4.74 Å². The molecule has 0 N–H and O–H groups in total. The summed E-state index contributed by atoms with van der Waals surface area (Å²) >= 11 is 3.50. The molecule has 0 spiro atoms. The van der Waals surface area contributed by atoms with Crippen LogP contribution in [-0.4, -0.2) is 17.5 Å². The molecule has 0 saturated carbocycles. The standard InChI is InChI=1S/C27H35NOS2/c1-6-9-24(16-27(3,4)5)28(7-2)17-21-10-8-11-25(14-21)29-18-26-15-23(20-31-26)22-12-13-30-19-22/h6,8-15,19-20,24H,7,16-18H2,1-5H3/b9-6+. The van der Waals surface area contributed by atoms with Crippen LogP contribution in [-0.2, 0) is 13.2 Å². The third-order valence-electron chi connectivity index (χ3n) is 5.28. The van der Waals surface area contributed by atoms with Crippen LogP contribution in [0.1, 0.15) is 51.5 Å². The number of benzene rings is 1. The fourth-order valence-electron chi connectivity index (χ4n) is 3.79. The highest BCUT2D eigenvalue weighted by atomic mass is 32.1. The zero-order valence-electron chi connectivity index (χ0n) is 19.4. The Bertz CT molecular complexity index is 950. The number of likely N-dealkylation sites (N-methyl/N-ethyl adjacent to an activating group) is 1. The number of ether oxygens (including phenoxy) is 1. The molecule has 0 saturated heterocycles. The van der Waals surface area contributed by atoms with Gasteiger partial charge >= 0.3 is 0 Å². The Balaban J connectivity index is 1.63. The average Bonchev–Trinajstić information content (AvgIpc) is 3.41. The van der Waals surface area contributed by atoms with Gasteiger partial charge in [-0.2, -0.15) is 11.3 Å². The van der Waals surface area contributed by atoms with Crippen molar-refractivity contribution in [1.29, 1.82) is 0 Å². The van der Waals surface area contributed by atoms with Gasteiger partial charge in [-0.3, -0.25) is 4.90 Å². The normalized spacial score (nSPS) is 13.2. The summed E-state index contributed by atoms with van der Waals surface area (Å²) in [4.78, 5) is 3.80. The zero-order chi connectivity index (χ0) is 22.3. The predicted octanol–water partition coefficient (Wildman–Crippen LogP) is 8.26. The second kappa shape index (κ2) is 11.1. The molecule has 0 fully saturated rings. The first-order valence-electron chi connectivity index (χ1n) is 11.1.